The molecule has 1 heterocycles. The maximum absolute atomic E-state index is 12.6. The summed E-state index contributed by atoms with van der Waals surface area (Å²) in [6.07, 6.45) is 7.07. The van der Waals surface area contributed by atoms with Gasteiger partial charge < -0.3 is 15.3 Å². The van der Waals surface area contributed by atoms with Gasteiger partial charge in [0.15, 0.2) is 0 Å². The molecule has 1 fully saturated rings. The number of piperidine rings is 1. The zero-order valence-electron chi connectivity index (χ0n) is 14.7. The molecule has 2 N–H and O–H groups in total. The van der Waals surface area contributed by atoms with E-state index in [0.717, 1.165) is 24.9 Å². The standard InChI is InChI=1S/C20H24N2O4/c23-18-10-3-4-11-22(18)13-14-6-5-7-15(12-14)21-19(24)16-8-1-2-9-17(16)20(25)26/h1-2,5-7,12,16-17H,3-4,8-11,13H2,(H,21,24)(H,25,26)/t16-,17-/m1/s1. The number of nitrogens with zero attached hydrogens (tertiary/aromatic N) is 1. The van der Waals surface area contributed by atoms with Crippen molar-refractivity contribution in [3.63, 3.8) is 0 Å². The molecular weight excluding hydrogens is 332 g/mol. The third kappa shape index (κ3) is 4.31. The molecule has 0 bridgehead atoms. The van der Waals surface area contributed by atoms with Gasteiger partial charge in [0.25, 0.3) is 0 Å². The number of aliphatic carboxylic acids is 1. The molecule has 2 amide bonds. The number of allylic oxidation sites excluding steroid dienone is 2. The number of rotatable bonds is 5. The summed E-state index contributed by atoms with van der Waals surface area (Å²) >= 11 is 0. The van der Waals surface area contributed by atoms with Crippen molar-refractivity contribution >= 4 is 23.5 Å². The van der Waals surface area contributed by atoms with Gasteiger partial charge in [-0.15, -0.1) is 0 Å². The quantitative estimate of drug-likeness (QED) is 0.794. The topological polar surface area (TPSA) is 86.7 Å². The average Bonchev–Trinajstić information content (AvgIpc) is 2.64. The lowest BCUT2D eigenvalue weighted by Crippen LogP contribution is -2.35. The molecule has 0 radical (unpaired) electrons. The molecule has 1 aliphatic heterocycles. The van der Waals surface area contributed by atoms with E-state index in [1.165, 1.54) is 0 Å². The first-order valence-electron chi connectivity index (χ1n) is 9.10. The first-order valence-corrected chi connectivity index (χ1v) is 9.10. The molecule has 138 valence electrons. The van der Waals surface area contributed by atoms with E-state index in [2.05, 4.69) is 5.32 Å². The molecule has 1 aromatic carbocycles. The van der Waals surface area contributed by atoms with Gasteiger partial charge in [-0.3, -0.25) is 14.4 Å². The summed E-state index contributed by atoms with van der Waals surface area (Å²) in [4.78, 5) is 37.7. The molecule has 0 aromatic heterocycles. The number of carbonyl (C=O) groups is 3. The van der Waals surface area contributed by atoms with Gasteiger partial charge in [-0.25, -0.2) is 0 Å². The van der Waals surface area contributed by atoms with Crippen molar-refractivity contribution in [2.45, 2.75) is 38.6 Å². The van der Waals surface area contributed by atoms with Gasteiger partial charge in [0.2, 0.25) is 11.8 Å². The van der Waals surface area contributed by atoms with Crippen LogP contribution in [0.15, 0.2) is 36.4 Å². The van der Waals surface area contributed by atoms with E-state index >= 15 is 0 Å². The highest BCUT2D eigenvalue weighted by molar-refractivity contribution is 5.95. The third-order valence-electron chi connectivity index (χ3n) is 5.08. The van der Waals surface area contributed by atoms with Gasteiger partial charge in [-0.1, -0.05) is 24.3 Å². The number of hydrogen-bond acceptors (Lipinski definition) is 3. The van der Waals surface area contributed by atoms with Crippen LogP contribution in [0, 0.1) is 11.8 Å². The van der Waals surface area contributed by atoms with Gasteiger partial charge in [0.1, 0.15) is 0 Å². The molecule has 0 spiro atoms. The minimum Gasteiger partial charge on any atom is -0.481 e. The fraction of sp³-hybridized carbons (Fsp3) is 0.450. The minimum atomic E-state index is -0.938. The summed E-state index contributed by atoms with van der Waals surface area (Å²) in [5.41, 5.74) is 1.59. The fourth-order valence-electron chi connectivity index (χ4n) is 3.61. The summed E-state index contributed by atoms with van der Waals surface area (Å²) in [5, 5.41) is 12.2. The smallest absolute Gasteiger partial charge is 0.307 e. The van der Waals surface area contributed by atoms with Crippen LogP contribution in [-0.2, 0) is 20.9 Å². The summed E-state index contributed by atoms with van der Waals surface area (Å²) in [7, 11) is 0. The Hall–Kier alpha value is -2.63. The maximum atomic E-state index is 12.6. The predicted octanol–water partition coefficient (Wildman–Crippen LogP) is 2.80. The lowest BCUT2D eigenvalue weighted by Gasteiger charge is -2.27. The zero-order chi connectivity index (χ0) is 18.5. The van der Waals surface area contributed by atoms with Crippen molar-refractivity contribution in [1.82, 2.24) is 4.90 Å². The van der Waals surface area contributed by atoms with E-state index in [4.69, 9.17) is 0 Å². The molecule has 6 nitrogen and oxygen atoms in total. The number of likely N-dealkylation sites (tertiary alicyclic amines) is 1. The fourth-order valence-corrected chi connectivity index (χ4v) is 3.61. The SMILES string of the molecule is O=C(O)[C@@H]1CC=CC[C@H]1C(=O)Nc1cccc(CN2CCCCC2=O)c1. The first-order chi connectivity index (χ1) is 12.5. The van der Waals surface area contributed by atoms with Crippen molar-refractivity contribution in [2.24, 2.45) is 11.8 Å². The van der Waals surface area contributed by atoms with E-state index in [1.54, 1.807) is 6.07 Å². The van der Waals surface area contributed by atoms with Crippen LogP contribution in [0.2, 0.25) is 0 Å². The molecule has 3 rings (SSSR count). The Morgan fingerprint density at radius 1 is 1.15 bits per heavy atom. The van der Waals surface area contributed by atoms with Crippen LogP contribution in [0.25, 0.3) is 0 Å². The molecule has 1 aliphatic carbocycles. The lowest BCUT2D eigenvalue weighted by atomic mass is 9.82. The maximum Gasteiger partial charge on any atom is 0.307 e. The minimum absolute atomic E-state index is 0.170. The van der Waals surface area contributed by atoms with Gasteiger partial charge in [0, 0.05) is 25.2 Å². The van der Waals surface area contributed by atoms with Crippen molar-refractivity contribution in [2.75, 3.05) is 11.9 Å². The normalized spacial score (nSPS) is 22.9. The number of anilines is 1. The van der Waals surface area contributed by atoms with Gasteiger partial charge >= 0.3 is 5.97 Å². The van der Waals surface area contributed by atoms with Crippen molar-refractivity contribution in [3.8, 4) is 0 Å². The van der Waals surface area contributed by atoms with Crippen LogP contribution >= 0.6 is 0 Å². The van der Waals surface area contributed by atoms with E-state index < -0.39 is 17.8 Å². The van der Waals surface area contributed by atoms with Crippen LogP contribution in [0.4, 0.5) is 5.69 Å². The van der Waals surface area contributed by atoms with Crippen LogP contribution < -0.4 is 5.32 Å². The Kier molecular flexibility index (Phi) is 5.71. The number of carbonyl (C=O) groups excluding carboxylic acids is 2. The molecule has 1 saturated heterocycles. The Morgan fingerprint density at radius 2 is 1.92 bits per heavy atom. The molecule has 0 unspecified atom stereocenters. The highest BCUT2D eigenvalue weighted by Crippen LogP contribution is 2.27. The number of benzene rings is 1. The molecule has 2 atom stereocenters. The van der Waals surface area contributed by atoms with Crippen molar-refractivity contribution < 1.29 is 19.5 Å². The summed E-state index contributed by atoms with van der Waals surface area (Å²) in [5.74, 6) is -2.29. The highest BCUT2D eigenvalue weighted by atomic mass is 16.4. The summed E-state index contributed by atoms with van der Waals surface area (Å²) < 4.78 is 0. The van der Waals surface area contributed by atoms with Crippen LogP contribution in [0.3, 0.4) is 0 Å². The first kappa shape index (κ1) is 18.2. The zero-order valence-corrected chi connectivity index (χ0v) is 14.7. The number of carboxylic acids is 1. The van der Waals surface area contributed by atoms with E-state index in [-0.39, 0.29) is 11.8 Å². The highest BCUT2D eigenvalue weighted by Gasteiger charge is 2.34. The van der Waals surface area contributed by atoms with Crippen LogP contribution in [0.5, 0.6) is 0 Å². The van der Waals surface area contributed by atoms with Crippen LogP contribution in [-0.4, -0.2) is 34.3 Å². The number of amides is 2. The molecule has 2 aliphatic rings. The Bertz CT molecular complexity index is 728. The second-order valence-corrected chi connectivity index (χ2v) is 6.96. The van der Waals surface area contributed by atoms with E-state index in [9.17, 15) is 19.5 Å². The number of nitrogens with one attached hydrogen (secondary N) is 1. The van der Waals surface area contributed by atoms with Crippen LogP contribution in [0.1, 0.15) is 37.7 Å². The monoisotopic (exact) mass is 356 g/mol. The number of carboxylic acid groups (broad SMARTS) is 1. The Balaban J connectivity index is 1.66. The Labute approximate surface area is 152 Å². The molecule has 6 heteroatoms. The number of hydrogen-bond donors (Lipinski definition) is 2. The second kappa shape index (κ2) is 8.17. The van der Waals surface area contributed by atoms with Gasteiger partial charge in [-0.2, -0.15) is 0 Å². The second-order valence-electron chi connectivity index (χ2n) is 6.96. The molecule has 0 saturated carbocycles. The molecule has 26 heavy (non-hydrogen) atoms. The molecular formula is C20H24N2O4. The lowest BCUT2D eigenvalue weighted by molar-refractivity contribution is -0.146. The van der Waals surface area contributed by atoms with Crippen molar-refractivity contribution in [3.05, 3.63) is 42.0 Å². The average molecular weight is 356 g/mol. The molecule has 1 aromatic rings. The van der Waals surface area contributed by atoms with Gasteiger partial charge in [0.05, 0.1) is 11.8 Å². The van der Waals surface area contributed by atoms with E-state index in [0.29, 0.717) is 31.5 Å². The summed E-state index contributed by atoms with van der Waals surface area (Å²) in [6, 6.07) is 7.41. The largest absolute Gasteiger partial charge is 0.481 e. The third-order valence-corrected chi connectivity index (χ3v) is 5.08. The van der Waals surface area contributed by atoms with Crippen molar-refractivity contribution in [1.29, 1.82) is 0 Å². The van der Waals surface area contributed by atoms with Gasteiger partial charge in [-0.05, 0) is 43.4 Å². The van der Waals surface area contributed by atoms with E-state index in [1.807, 2.05) is 35.3 Å². The predicted molar refractivity (Wildman–Crippen MR) is 97.3 cm³/mol. The Morgan fingerprint density at radius 3 is 2.65 bits per heavy atom. The summed E-state index contributed by atoms with van der Waals surface area (Å²) in [6.45, 7) is 1.30.